The first-order chi connectivity index (χ1) is 11.5. The van der Waals surface area contributed by atoms with Crippen molar-refractivity contribution in [2.75, 3.05) is 24.5 Å². The summed E-state index contributed by atoms with van der Waals surface area (Å²) < 4.78 is 1.68. The average molecular weight is 370 g/mol. The highest BCUT2D eigenvalue weighted by atomic mass is 35.5. The Labute approximate surface area is 154 Å². The van der Waals surface area contributed by atoms with Gasteiger partial charge in [-0.15, -0.1) is 12.4 Å². The van der Waals surface area contributed by atoms with Crippen molar-refractivity contribution in [3.63, 3.8) is 0 Å². The summed E-state index contributed by atoms with van der Waals surface area (Å²) >= 11 is 0. The van der Waals surface area contributed by atoms with Crippen LogP contribution in [0.3, 0.4) is 0 Å². The van der Waals surface area contributed by atoms with Gasteiger partial charge in [0.25, 0.3) is 0 Å². The Hall–Kier alpha value is -1.60. The third-order valence-electron chi connectivity index (χ3n) is 5.19. The minimum atomic E-state index is -0.408. The molecule has 7 nitrogen and oxygen atoms in total. The molecule has 0 bridgehead atoms. The van der Waals surface area contributed by atoms with Gasteiger partial charge in [0.2, 0.25) is 11.8 Å². The van der Waals surface area contributed by atoms with Crippen LogP contribution in [0.4, 0.5) is 5.69 Å². The number of nitrogens with one attached hydrogen (secondary N) is 2. The summed E-state index contributed by atoms with van der Waals surface area (Å²) in [7, 11) is 1.82. The molecule has 2 aliphatic heterocycles. The van der Waals surface area contributed by atoms with Crippen molar-refractivity contribution in [1.82, 2.24) is 20.4 Å². The Bertz CT molecular complexity index is 600. The molecule has 0 saturated carbocycles. The second kappa shape index (κ2) is 8.67. The number of hydrogen-bond acceptors (Lipinski definition) is 4. The van der Waals surface area contributed by atoms with Gasteiger partial charge in [-0.1, -0.05) is 6.92 Å². The van der Waals surface area contributed by atoms with Gasteiger partial charge in [0.15, 0.2) is 0 Å². The molecular weight excluding hydrogens is 342 g/mol. The number of aromatic nitrogens is 2. The normalized spacial score (nSPS) is 24.7. The van der Waals surface area contributed by atoms with E-state index in [1.807, 2.05) is 13.2 Å². The highest BCUT2D eigenvalue weighted by molar-refractivity contribution is 6.01. The Morgan fingerprint density at radius 2 is 2.28 bits per heavy atom. The molecule has 2 aliphatic rings. The van der Waals surface area contributed by atoms with Crippen LogP contribution in [-0.4, -0.2) is 47.3 Å². The SMILES string of the molecule is CC(CC(=O)NC1CCN(c2cnn(C)c2)C1=O)C1CCCNC1.Cl. The van der Waals surface area contributed by atoms with Crippen molar-refractivity contribution in [3.05, 3.63) is 12.4 Å². The minimum Gasteiger partial charge on any atom is -0.344 e. The van der Waals surface area contributed by atoms with Crippen molar-refractivity contribution in [2.24, 2.45) is 18.9 Å². The smallest absolute Gasteiger partial charge is 0.249 e. The zero-order valence-corrected chi connectivity index (χ0v) is 15.7. The Kier molecular flexibility index (Phi) is 6.84. The molecule has 3 heterocycles. The van der Waals surface area contributed by atoms with E-state index in [9.17, 15) is 9.59 Å². The Morgan fingerprint density at radius 1 is 1.48 bits per heavy atom. The highest BCUT2D eigenvalue weighted by Crippen LogP contribution is 2.24. The lowest BCUT2D eigenvalue weighted by Gasteiger charge is -2.28. The van der Waals surface area contributed by atoms with E-state index in [0.29, 0.717) is 31.2 Å². The quantitative estimate of drug-likeness (QED) is 0.814. The van der Waals surface area contributed by atoms with Crippen LogP contribution in [0.15, 0.2) is 12.4 Å². The van der Waals surface area contributed by atoms with Crippen LogP contribution in [0.5, 0.6) is 0 Å². The monoisotopic (exact) mass is 369 g/mol. The predicted octanol–water partition coefficient (Wildman–Crippen LogP) is 1.09. The zero-order chi connectivity index (χ0) is 17.1. The molecule has 25 heavy (non-hydrogen) atoms. The average Bonchev–Trinajstić information content (AvgIpc) is 3.15. The molecule has 1 aromatic rings. The number of carbonyl (C=O) groups excluding carboxylic acids is 2. The predicted molar refractivity (Wildman–Crippen MR) is 98.7 cm³/mol. The second-order valence-corrected chi connectivity index (χ2v) is 7.06. The number of nitrogens with zero attached hydrogens (tertiary/aromatic N) is 3. The molecule has 2 saturated heterocycles. The summed E-state index contributed by atoms with van der Waals surface area (Å²) in [5.41, 5.74) is 0.792. The van der Waals surface area contributed by atoms with Crippen molar-refractivity contribution in [1.29, 1.82) is 0 Å². The van der Waals surface area contributed by atoms with Gasteiger partial charge in [0.1, 0.15) is 6.04 Å². The maximum atomic E-state index is 12.5. The van der Waals surface area contributed by atoms with Gasteiger partial charge in [-0.2, -0.15) is 5.10 Å². The highest BCUT2D eigenvalue weighted by Gasteiger charge is 2.34. The van der Waals surface area contributed by atoms with Gasteiger partial charge in [-0.3, -0.25) is 14.3 Å². The Morgan fingerprint density at radius 3 is 2.92 bits per heavy atom. The molecule has 3 rings (SSSR count). The summed E-state index contributed by atoms with van der Waals surface area (Å²) in [5.74, 6) is 0.835. The van der Waals surface area contributed by atoms with Crippen LogP contribution < -0.4 is 15.5 Å². The third kappa shape index (κ3) is 4.73. The van der Waals surface area contributed by atoms with Crippen LogP contribution in [0.2, 0.25) is 0 Å². The lowest BCUT2D eigenvalue weighted by molar-refractivity contribution is -0.127. The van der Waals surface area contributed by atoms with Crippen molar-refractivity contribution >= 4 is 29.9 Å². The summed E-state index contributed by atoms with van der Waals surface area (Å²) in [5, 5.41) is 10.4. The van der Waals surface area contributed by atoms with E-state index in [-0.39, 0.29) is 24.2 Å². The molecule has 0 aliphatic carbocycles. The first-order valence-corrected chi connectivity index (χ1v) is 8.84. The number of piperidine rings is 1. The van der Waals surface area contributed by atoms with Crippen LogP contribution in [0.1, 0.15) is 32.6 Å². The van der Waals surface area contributed by atoms with Crippen LogP contribution in [0, 0.1) is 11.8 Å². The van der Waals surface area contributed by atoms with E-state index < -0.39 is 6.04 Å². The largest absolute Gasteiger partial charge is 0.344 e. The van der Waals surface area contributed by atoms with Gasteiger partial charge in [0.05, 0.1) is 11.9 Å². The van der Waals surface area contributed by atoms with Gasteiger partial charge < -0.3 is 15.5 Å². The fourth-order valence-electron chi connectivity index (χ4n) is 3.69. The molecule has 3 atom stereocenters. The van der Waals surface area contributed by atoms with E-state index in [2.05, 4.69) is 22.7 Å². The molecule has 8 heteroatoms. The number of hydrogen-bond donors (Lipinski definition) is 2. The van der Waals surface area contributed by atoms with Crippen LogP contribution in [0.25, 0.3) is 0 Å². The Balaban J connectivity index is 0.00000225. The molecule has 0 spiro atoms. The third-order valence-corrected chi connectivity index (χ3v) is 5.19. The number of halogens is 1. The van der Waals surface area contributed by atoms with Gasteiger partial charge in [-0.25, -0.2) is 0 Å². The van der Waals surface area contributed by atoms with Crippen molar-refractivity contribution < 1.29 is 9.59 Å². The molecule has 2 fully saturated rings. The number of amides is 2. The van der Waals surface area contributed by atoms with Gasteiger partial charge in [-0.05, 0) is 44.2 Å². The maximum absolute atomic E-state index is 12.5. The lowest BCUT2D eigenvalue weighted by atomic mass is 9.85. The summed E-state index contributed by atoms with van der Waals surface area (Å²) in [4.78, 5) is 26.5. The van der Waals surface area contributed by atoms with Gasteiger partial charge >= 0.3 is 0 Å². The standard InChI is InChI=1S/C17H27N5O2.ClH/c1-12(13-4-3-6-18-9-13)8-16(23)20-15-5-7-22(17(15)24)14-10-19-21(2)11-14;/h10-13,15,18H,3-9H2,1-2H3,(H,20,23);1H. The fourth-order valence-corrected chi connectivity index (χ4v) is 3.69. The molecule has 0 radical (unpaired) electrons. The fraction of sp³-hybridized carbons (Fsp3) is 0.706. The number of anilines is 1. The zero-order valence-electron chi connectivity index (χ0n) is 14.9. The summed E-state index contributed by atoms with van der Waals surface area (Å²) in [6.07, 6.45) is 7.00. The van der Waals surface area contributed by atoms with E-state index >= 15 is 0 Å². The van der Waals surface area contributed by atoms with Crippen LogP contribution >= 0.6 is 12.4 Å². The summed E-state index contributed by atoms with van der Waals surface area (Å²) in [6, 6.07) is -0.408. The summed E-state index contributed by atoms with van der Waals surface area (Å²) in [6.45, 7) is 4.83. The molecule has 3 unspecified atom stereocenters. The second-order valence-electron chi connectivity index (χ2n) is 7.06. The van der Waals surface area contributed by atoms with E-state index in [0.717, 1.165) is 18.8 Å². The van der Waals surface area contributed by atoms with E-state index in [1.54, 1.807) is 15.8 Å². The first kappa shape index (κ1) is 19.7. The van der Waals surface area contributed by atoms with Crippen LogP contribution in [-0.2, 0) is 16.6 Å². The van der Waals surface area contributed by atoms with E-state index in [4.69, 9.17) is 0 Å². The van der Waals surface area contributed by atoms with Crippen molar-refractivity contribution in [3.8, 4) is 0 Å². The maximum Gasteiger partial charge on any atom is 0.249 e. The number of aryl methyl sites for hydroxylation is 1. The lowest BCUT2D eigenvalue weighted by Crippen LogP contribution is -2.43. The number of rotatable bonds is 5. The van der Waals surface area contributed by atoms with Crippen molar-refractivity contribution in [2.45, 2.75) is 38.6 Å². The minimum absolute atomic E-state index is 0. The molecule has 2 N–H and O–H groups in total. The van der Waals surface area contributed by atoms with Gasteiger partial charge in [0, 0.05) is 26.2 Å². The molecular formula is C17H28ClN5O2. The molecule has 0 aromatic carbocycles. The molecule has 1 aromatic heterocycles. The molecule has 2 amide bonds. The molecule has 140 valence electrons. The first-order valence-electron chi connectivity index (χ1n) is 8.84. The topological polar surface area (TPSA) is 79.3 Å². The van der Waals surface area contributed by atoms with E-state index in [1.165, 1.54) is 12.8 Å². The number of carbonyl (C=O) groups is 2.